The SMILES string of the molecule is O=C(NCCOCc1cccc(Cl)c1)c1ccccc1. The van der Waals surface area contributed by atoms with E-state index in [1.54, 1.807) is 12.1 Å². The van der Waals surface area contributed by atoms with E-state index in [-0.39, 0.29) is 5.91 Å². The molecular formula is C16H16ClNO2. The molecule has 0 saturated carbocycles. The molecule has 0 unspecified atom stereocenters. The van der Waals surface area contributed by atoms with Crippen molar-refractivity contribution in [3.05, 3.63) is 70.7 Å². The molecule has 2 aromatic rings. The second kappa shape index (κ2) is 7.68. The maximum absolute atomic E-state index is 11.7. The van der Waals surface area contributed by atoms with Crippen molar-refractivity contribution >= 4 is 17.5 Å². The highest BCUT2D eigenvalue weighted by atomic mass is 35.5. The van der Waals surface area contributed by atoms with Crippen LogP contribution in [0.5, 0.6) is 0 Å². The fourth-order valence-electron chi connectivity index (χ4n) is 1.75. The van der Waals surface area contributed by atoms with Gasteiger partial charge in [0.15, 0.2) is 0 Å². The van der Waals surface area contributed by atoms with E-state index in [1.165, 1.54) is 0 Å². The molecule has 104 valence electrons. The lowest BCUT2D eigenvalue weighted by molar-refractivity contribution is 0.0901. The lowest BCUT2D eigenvalue weighted by Crippen LogP contribution is -2.27. The van der Waals surface area contributed by atoms with Crippen molar-refractivity contribution in [1.29, 1.82) is 0 Å². The zero-order chi connectivity index (χ0) is 14.2. The molecule has 0 heterocycles. The van der Waals surface area contributed by atoms with Crippen LogP contribution in [0.25, 0.3) is 0 Å². The van der Waals surface area contributed by atoms with E-state index in [0.717, 1.165) is 5.56 Å². The Morgan fingerprint density at radius 2 is 1.90 bits per heavy atom. The number of halogens is 1. The van der Waals surface area contributed by atoms with Crippen LogP contribution in [0.3, 0.4) is 0 Å². The summed E-state index contributed by atoms with van der Waals surface area (Å²) >= 11 is 5.88. The fourth-order valence-corrected chi connectivity index (χ4v) is 1.96. The van der Waals surface area contributed by atoms with Gasteiger partial charge in [-0.3, -0.25) is 4.79 Å². The monoisotopic (exact) mass is 289 g/mol. The van der Waals surface area contributed by atoms with Crippen LogP contribution in [0, 0.1) is 0 Å². The lowest BCUT2D eigenvalue weighted by Gasteiger charge is -2.07. The van der Waals surface area contributed by atoms with Crippen molar-refractivity contribution in [2.24, 2.45) is 0 Å². The standard InChI is InChI=1S/C16H16ClNO2/c17-15-8-4-5-13(11-15)12-20-10-9-18-16(19)14-6-2-1-3-7-14/h1-8,11H,9-10,12H2,(H,18,19). The van der Waals surface area contributed by atoms with Crippen molar-refractivity contribution in [2.45, 2.75) is 6.61 Å². The van der Waals surface area contributed by atoms with Gasteiger partial charge in [0.2, 0.25) is 0 Å². The van der Waals surface area contributed by atoms with Crippen molar-refractivity contribution in [2.75, 3.05) is 13.2 Å². The highest BCUT2D eigenvalue weighted by Gasteiger charge is 2.02. The molecule has 0 spiro atoms. The molecule has 2 aromatic carbocycles. The molecule has 0 aromatic heterocycles. The summed E-state index contributed by atoms with van der Waals surface area (Å²) in [5, 5.41) is 3.50. The molecule has 0 aliphatic carbocycles. The average Bonchev–Trinajstić information content (AvgIpc) is 2.48. The Morgan fingerprint density at radius 3 is 2.65 bits per heavy atom. The summed E-state index contributed by atoms with van der Waals surface area (Å²) in [5.41, 5.74) is 1.68. The summed E-state index contributed by atoms with van der Waals surface area (Å²) in [4.78, 5) is 11.7. The average molecular weight is 290 g/mol. The van der Waals surface area contributed by atoms with Gasteiger partial charge in [-0.1, -0.05) is 41.9 Å². The Labute approximate surface area is 123 Å². The quantitative estimate of drug-likeness (QED) is 0.829. The van der Waals surface area contributed by atoms with E-state index in [2.05, 4.69) is 5.32 Å². The topological polar surface area (TPSA) is 38.3 Å². The molecule has 1 amide bonds. The molecule has 3 nitrogen and oxygen atoms in total. The Morgan fingerprint density at radius 1 is 1.10 bits per heavy atom. The van der Waals surface area contributed by atoms with Gasteiger partial charge in [-0.05, 0) is 29.8 Å². The number of nitrogens with one attached hydrogen (secondary N) is 1. The molecule has 0 saturated heterocycles. The third-order valence-electron chi connectivity index (χ3n) is 2.73. The second-order valence-corrected chi connectivity index (χ2v) is 4.74. The number of ether oxygens (including phenoxy) is 1. The predicted octanol–water partition coefficient (Wildman–Crippen LogP) is 3.29. The van der Waals surface area contributed by atoms with E-state index in [4.69, 9.17) is 16.3 Å². The van der Waals surface area contributed by atoms with Crippen molar-refractivity contribution in [3.63, 3.8) is 0 Å². The molecule has 4 heteroatoms. The molecule has 0 aliphatic heterocycles. The maximum atomic E-state index is 11.7. The number of benzene rings is 2. The maximum Gasteiger partial charge on any atom is 0.251 e. The van der Waals surface area contributed by atoms with Crippen LogP contribution >= 0.6 is 11.6 Å². The van der Waals surface area contributed by atoms with Crippen LogP contribution in [0.1, 0.15) is 15.9 Å². The summed E-state index contributed by atoms with van der Waals surface area (Å²) in [6.45, 7) is 1.43. The Hall–Kier alpha value is -1.84. The Balaban J connectivity index is 1.66. The summed E-state index contributed by atoms with van der Waals surface area (Å²) in [6, 6.07) is 16.6. The number of hydrogen-bond donors (Lipinski definition) is 1. The van der Waals surface area contributed by atoms with Gasteiger partial charge < -0.3 is 10.1 Å². The molecule has 0 aliphatic rings. The lowest BCUT2D eigenvalue weighted by atomic mass is 10.2. The van der Waals surface area contributed by atoms with Gasteiger partial charge in [0.05, 0.1) is 13.2 Å². The van der Waals surface area contributed by atoms with E-state index >= 15 is 0 Å². The second-order valence-electron chi connectivity index (χ2n) is 4.30. The van der Waals surface area contributed by atoms with Crippen LogP contribution < -0.4 is 5.32 Å². The molecule has 0 radical (unpaired) electrons. The van der Waals surface area contributed by atoms with E-state index in [1.807, 2.05) is 42.5 Å². The molecular weight excluding hydrogens is 274 g/mol. The normalized spacial score (nSPS) is 10.2. The predicted molar refractivity (Wildman–Crippen MR) is 79.9 cm³/mol. The molecule has 1 N–H and O–H groups in total. The number of carbonyl (C=O) groups is 1. The molecule has 0 fully saturated rings. The molecule has 0 atom stereocenters. The zero-order valence-corrected chi connectivity index (χ0v) is 11.8. The first-order chi connectivity index (χ1) is 9.75. The van der Waals surface area contributed by atoms with Gasteiger partial charge in [-0.2, -0.15) is 0 Å². The van der Waals surface area contributed by atoms with Gasteiger partial charge in [0.25, 0.3) is 5.91 Å². The van der Waals surface area contributed by atoms with E-state index in [9.17, 15) is 4.79 Å². The van der Waals surface area contributed by atoms with Crippen LogP contribution in [-0.4, -0.2) is 19.1 Å². The third-order valence-corrected chi connectivity index (χ3v) is 2.96. The first-order valence-corrected chi connectivity index (χ1v) is 6.79. The van der Waals surface area contributed by atoms with E-state index in [0.29, 0.717) is 30.3 Å². The first-order valence-electron chi connectivity index (χ1n) is 6.41. The van der Waals surface area contributed by atoms with Crippen molar-refractivity contribution in [3.8, 4) is 0 Å². The minimum atomic E-state index is -0.0862. The first kappa shape index (κ1) is 14.6. The van der Waals surface area contributed by atoms with Crippen molar-refractivity contribution < 1.29 is 9.53 Å². The largest absolute Gasteiger partial charge is 0.375 e. The van der Waals surface area contributed by atoms with E-state index < -0.39 is 0 Å². The highest BCUT2D eigenvalue weighted by molar-refractivity contribution is 6.30. The Bertz CT molecular complexity index is 557. The van der Waals surface area contributed by atoms with Gasteiger partial charge in [0.1, 0.15) is 0 Å². The molecule has 20 heavy (non-hydrogen) atoms. The number of amides is 1. The number of carbonyl (C=O) groups excluding carboxylic acids is 1. The Kier molecular flexibility index (Phi) is 5.59. The number of hydrogen-bond acceptors (Lipinski definition) is 2. The summed E-state index contributed by atoms with van der Waals surface area (Å²) < 4.78 is 5.49. The fraction of sp³-hybridized carbons (Fsp3) is 0.188. The van der Waals surface area contributed by atoms with Gasteiger partial charge in [-0.15, -0.1) is 0 Å². The minimum Gasteiger partial charge on any atom is -0.375 e. The van der Waals surface area contributed by atoms with Crippen LogP contribution in [0.4, 0.5) is 0 Å². The van der Waals surface area contributed by atoms with Crippen LogP contribution in [0.15, 0.2) is 54.6 Å². The summed E-state index contributed by atoms with van der Waals surface area (Å²) in [5.74, 6) is -0.0862. The minimum absolute atomic E-state index is 0.0862. The van der Waals surface area contributed by atoms with Gasteiger partial charge in [-0.25, -0.2) is 0 Å². The summed E-state index contributed by atoms with van der Waals surface area (Å²) in [7, 11) is 0. The molecule has 0 bridgehead atoms. The van der Waals surface area contributed by atoms with Gasteiger partial charge >= 0.3 is 0 Å². The van der Waals surface area contributed by atoms with Crippen LogP contribution in [0.2, 0.25) is 5.02 Å². The zero-order valence-electron chi connectivity index (χ0n) is 11.0. The third kappa shape index (κ3) is 4.68. The number of rotatable bonds is 6. The van der Waals surface area contributed by atoms with Crippen molar-refractivity contribution in [1.82, 2.24) is 5.32 Å². The summed E-state index contributed by atoms with van der Waals surface area (Å²) in [6.07, 6.45) is 0. The molecule has 2 rings (SSSR count). The highest BCUT2D eigenvalue weighted by Crippen LogP contribution is 2.11. The van der Waals surface area contributed by atoms with Gasteiger partial charge in [0, 0.05) is 17.1 Å². The smallest absolute Gasteiger partial charge is 0.251 e. The van der Waals surface area contributed by atoms with Crippen LogP contribution in [-0.2, 0) is 11.3 Å².